The summed E-state index contributed by atoms with van der Waals surface area (Å²) in [6.45, 7) is 1.38. The van der Waals surface area contributed by atoms with Gasteiger partial charge in [0.1, 0.15) is 0 Å². The van der Waals surface area contributed by atoms with Gasteiger partial charge in [-0.25, -0.2) is 0 Å². The van der Waals surface area contributed by atoms with Crippen LogP contribution in [0.5, 0.6) is 0 Å². The van der Waals surface area contributed by atoms with E-state index in [0.717, 1.165) is 24.4 Å². The third-order valence-corrected chi connectivity index (χ3v) is 3.53. The summed E-state index contributed by atoms with van der Waals surface area (Å²) < 4.78 is 2.29. The van der Waals surface area contributed by atoms with Crippen LogP contribution in [-0.4, -0.2) is 16.3 Å². The summed E-state index contributed by atoms with van der Waals surface area (Å²) in [5, 5.41) is 10.7. The molecule has 0 atom stereocenters. The van der Waals surface area contributed by atoms with Crippen molar-refractivity contribution in [2.24, 2.45) is 0 Å². The molecule has 18 heavy (non-hydrogen) atoms. The molecule has 0 bridgehead atoms. The third kappa shape index (κ3) is 3.50. The molecule has 3 heteroatoms. The van der Waals surface area contributed by atoms with Gasteiger partial charge in [0.15, 0.2) is 0 Å². The Hall–Kier alpha value is -0.990. The average Bonchev–Trinajstić information content (AvgIpc) is 2.76. The van der Waals surface area contributed by atoms with Gasteiger partial charge in [0, 0.05) is 35.3 Å². The lowest BCUT2D eigenvalue weighted by Gasteiger charge is -2.05. The molecule has 0 amide bonds. The number of rotatable bonds is 7. The van der Waals surface area contributed by atoms with Crippen molar-refractivity contribution in [3.8, 4) is 0 Å². The number of nitrogens with zero attached hydrogens (tertiary/aromatic N) is 1. The Morgan fingerprint density at radius 3 is 2.61 bits per heavy atom. The van der Waals surface area contributed by atoms with Crippen LogP contribution in [0.2, 0.25) is 5.02 Å². The molecule has 2 nitrogen and oxygen atoms in total. The van der Waals surface area contributed by atoms with Crippen molar-refractivity contribution in [3.05, 3.63) is 35.5 Å². The zero-order chi connectivity index (χ0) is 12.8. The molecule has 1 N–H and O–H groups in total. The molecule has 2 rings (SSSR count). The van der Waals surface area contributed by atoms with Gasteiger partial charge in [0.2, 0.25) is 0 Å². The van der Waals surface area contributed by atoms with Crippen LogP contribution in [-0.2, 0) is 6.54 Å². The first kappa shape index (κ1) is 13.4. The van der Waals surface area contributed by atoms with Gasteiger partial charge in [0.05, 0.1) is 0 Å². The Bertz CT molecular complexity index is 492. The molecule has 98 valence electrons. The van der Waals surface area contributed by atoms with E-state index in [0.29, 0.717) is 6.61 Å². The van der Waals surface area contributed by atoms with Crippen molar-refractivity contribution < 1.29 is 5.11 Å². The average molecular weight is 266 g/mol. The quantitative estimate of drug-likeness (QED) is 0.745. The molecule has 0 fully saturated rings. The maximum atomic E-state index is 8.70. The van der Waals surface area contributed by atoms with Gasteiger partial charge in [-0.3, -0.25) is 0 Å². The number of aromatic nitrogens is 1. The van der Waals surface area contributed by atoms with Crippen molar-refractivity contribution in [3.63, 3.8) is 0 Å². The van der Waals surface area contributed by atoms with E-state index in [1.54, 1.807) is 0 Å². The molecule has 0 aliphatic rings. The van der Waals surface area contributed by atoms with Crippen molar-refractivity contribution in [1.82, 2.24) is 4.57 Å². The normalized spacial score (nSPS) is 11.2. The Kier molecular flexibility index (Phi) is 5.09. The second-order valence-electron chi connectivity index (χ2n) is 4.70. The van der Waals surface area contributed by atoms with Crippen LogP contribution in [0.25, 0.3) is 10.9 Å². The minimum absolute atomic E-state index is 0.322. The molecular formula is C15H20ClNO. The SMILES string of the molecule is OCCCCCCCn1ccc2cc(Cl)ccc21. The van der Waals surface area contributed by atoms with Gasteiger partial charge < -0.3 is 9.67 Å². The Morgan fingerprint density at radius 2 is 1.78 bits per heavy atom. The molecule has 1 aromatic heterocycles. The fourth-order valence-electron chi connectivity index (χ4n) is 2.29. The lowest BCUT2D eigenvalue weighted by atomic mass is 10.1. The van der Waals surface area contributed by atoms with Crippen LogP contribution < -0.4 is 0 Å². The molecule has 0 aliphatic carbocycles. The number of hydrogen-bond donors (Lipinski definition) is 1. The lowest BCUT2D eigenvalue weighted by molar-refractivity contribution is 0.282. The first-order valence-electron chi connectivity index (χ1n) is 6.66. The number of fused-ring (bicyclic) bond motifs is 1. The number of aryl methyl sites for hydroxylation is 1. The molecule has 0 aliphatic heterocycles. The van der Waals surface area contributed by atoms with E-state index < -0.39 is 0 Å². The predicted molar refractivity (Wildman–Crippen MR) is 77.1 cm³/mol. The zero-order valence-electron chi connectivity index (χ0n) is 10.6. The summed E-state index contributed by atoms with van der Waals surface area (Å²) in [7, 11) is 0. The molecule has 1 aromatic carbocycles. The molecule has 0 unspecified atom stereocenters. The lowest BCUT2D eigenvalue weighted by Crippen LogP contribution is -1.96. The van der Waals surface area contributed by atoms with E-state index in [1.807, 2.05) is 12.1 Å². The monoisotopic (exact) mass is 265 g/mol. The van der Waals surface area contributed by atoms with Gasteiger partial charge in [0.25, 0.3) is 0 Å². The maximum Gasteiger partial charge on any atom is 0.0481 e. The standard InChI is InChI=1S/C15H20ClNO/c16-14-6-7-15-13(12-14)8-10-17(15)9-4-2-1-3-5-11-18/h6-8,10,12,18H,1-5,9,11H2. The van der Waals surface area contributed by atoms with Gasteiger partial charge in [-0.1, -0.05) is 30.9 Å². The minimum Gasteiger partial charge on any atom is -0.396 e. The van der Waals surface area contributed by atoms with E-state index >= 15 is 0 Å². The van der Waals surface area contributed by atoms with Gasteiger partial charge >= 0.3 is 0 Å². The van der Waals surface area contributed by atoms with Crippen LogP contribution in [0.3, 0.4) is 0 Å². The number of hydrogen-bond acceptors (Lipinski definition) is 1. The number of benzene rings is 1. The van der Waals surface area contributed by atoms with E-state index in [4.69, 9.17) is 16.7 Å². The summed E-state index contributed by atoms with van der Waals surface area (Å²) in [5.41, 5.74) is 1.26. The summed E-state index contributed by atoms with van der Waals surface area (Å²) in [4.78, 5) is 0. The molecule has 2 aromatic rings. The van der Waals surface area contributed by atoms with Crippen molar-refractivity contribution in [2.45, 2.75) is 38.6 Å². The van der Waals surface area contributed by atoms with Crippen molar-refractivity contribution in [2.75, 3.05) is 6.61 Å². The highest BCUT2D eigenvalue weighted by molar-refractivity contribution is 6.31. The predicted octanol–water partition coefficient (Wildman–Crippen LogP) is 4.24. The smallest absolute Gasteiger partial charge is 0.0481 e. The van der Waals surface area contributed by atoms with Gasteiger partial charge in [-0.2, -0.15) is 0 Å². The van der Waals surface area contributed by atoms with Crippen LogP contribution in [0.15, 0.2) is 30.5 Å². The number of unbranched alkanes of at least 4 members (excludes halogenated alkanes) is 4. The van der Waals surface area contributed by atoms with Crippen molar-refractivity contribution >= 4 is 22.5 Å². The highest BCUT2D eigenvalue weighted by atomic mass is 35.5. The fourth-order valence-corrected chi connectivity index (χ4v) is 2.47. The second-order valence-corrected chi connectivity index (χ2v) is 5.14. The molecule has 1 heterocycles. The zero-order valence-corrected chi connectivity index (χ0v) is 11.4. The van der Waals surface area contributed by atoms with Gasteiger partial charge in [-0.15, -0.1) is 0 Å². The van der Waals surface area contributed by atoms with Crippen LogP contribution in [0, 0.1) is 0 Å². The largest absolute Gasteiger partial charge is 0.396 e. The second kappa shape index (κ2) is 6.81. The first-order chi connectivity index (χ1) is 8.81. The van der Waals surface area contributed by atoms with E-state index in [1.165, 1.54) is 30.2 Å². The summed E-state index contributed by atoms with van der Waals surface area (Å²) in [5.74, 6) is 0. The molecule has 0 radical (unpaired) electrons. The third-order valence-electron chi connectivity index (χ3n) is 3.29. The van der Waals surface area contributed by atoms with E-state index in [-0.39, 0.29) is 0 Å². The molecule has 0 saturated carbocycles. The number of halogens is 1. The Labute approximate surface area is 113 Å². The van der Waals surface area contributed by atoms with E-state index in [9.17, 15) is 0 Å². The highest BCUT2D eigenvalue weighted by Gasteiger charge is 2.01. The summed E-state index contributed by atoms with van der Waals surface area (Å²) >= 11 is 5.97. The minimum atomic E-state index is 0.322. The fraction of sp³-hybridized carbons (Fsp3) is 0.467. The van der Waals surface area contributed by atoms with Crippen LogP contribution >= 0.6 is 11.6 Å². The first-order valence-corrected chi connectivity index (χ1v) is 7.04. The molecular weight excluding hydrogens is 246 g/mol. The number of aliphatic hydroxyl groups is 1. The Balaban J connectivity index is 1.84. The van der Waals surface area contributed by atoms with Crippen LogP contribution in [0.4, 0.5) is 0 Å². The van der Waals surface area contributed by atoms with Crippen LogP contribution in [0.1, 0.15) is 32.1 Å². The topological polar surface area (TPSA) is 25.2 Å². The highest BCUT2D eigenvalue weighted by Crippen LogP contribution is 2.21. The van der Waals surface area contributed by atoms with Gasteiger partial charge in [-0.05, 0) is 37.1 Å². The summed E-state index contributed by atoms with van der Waals surface area (Å²) in [6, 6.07) is 8.16. The molecule has 0 spiro atoms. The van der Waals surface area contributed by atoms with E-state index in [2.05, 4.69) is 22.9 Å². The van der Waals surface area contributed by atoms with Crippen molar-refractivity contribution in [1.29, 1.82) is 0 Å². The number of aliphatic hydroxyl groups excluding tert-OH is 1. The molecule has 0 saturated heterocycles. The summed E-state index contributed by atoms with van der Waals surface area (Å²) in [6.07, 6.45) is 7.84. The Morgan fingerprint density at radius 1 is 1.00 bits per heavy atom. The maximum absolute atomic E-state index is 8.70.